The molecule has 106 valence electrons. The summed E-state index contributed by atoms with van der Waals surface area (Å²) in [4.78, 5) is 0.264. The van der Waals surface area contributed by atoms with Gasteiger partial charge in [-0.2, -0.15) is 4.31 Å². The Bertz CT molecular complexity index is 568. The van der Waals surface area contributed by atoms with Crippen molar-refractivity contribution >= 4 is 31.6 Å². The number of hydrogen-bond donors (Lipinski definition) is 1. The standard InChI is InChI=1S/C13H19BrN2O2S/c1-9(2)8-16(11-4-5-11)19(17,18)13-7-10(15)3-6-12(13)14/h3,6-7,9,11H,4-5,8,15H2,1-2H3. The summed E-state index contributed by atoms with van der Waals surface area (Å²) in [6.45, 7) is 4.60. The summed E-state index contributed by atoms with van der Waals surface area (Å²) in [7, 11) is -3.48. The number of nitrogens with two attached hydrogens (primary N) is 1. The Morgan fingerprint density at radius 3 is 2.58 bits per heavy atom. The molecule has 1 aromatic rings. The van der Waals surface area contributed by atoms with Gasteiger partial charge in [0.15, 0.2) is 0 Å². The zero-order valence-electron chi connectivity index (χ0n) is 11.1. The van der Waals surface area contributed by atoms with E-state index in [1.807, 2.05) is 13.8 Å². The maximum Gasteiger partial charge on any atom is 0.244 e. The van der Waals surface area contributed by atoms with Gasteiger partial charge in [0, 0.05) is 22.7 Å². The lowest BCUT2D eigenvalue weighted by Crippen LogP contribution is -2.36. The van der Waals surface area contributed by atoms with Crippen LogP contribution in [0.3, 0.4) is 0 Å². The van der Waals surface area contributed by atoms with Crippen LogP contribution in [0.1, 0.15) is 26.7 Å². The fourth-order valence-corrected chi connectivity index (χ4v) is 4.82. The second kappa shape index (κ2) is 5.42. The lowest BCUT2D eigenvalue weighted by atomic mass is 10.2. The van der Waals surface area contributed by atoms with Crippen LogP contribution in [0.15, 0.2) is 27.6 Å². The van der Waals surface area contributed by atoms with Gasteiger partial charge in [-0.1, -0.05) is 13.8 Å². The van der Waals surface area contributed by atoms with E-state index in [1.165, 1.54) is 6.07 Å². The maximum absolute atomic E-state index is 12.8. The highest BCUT2D eigenvalue weighted by atomic mass is 79.9. The van der Waals surface area contributed by atoms with E-state index in [9.17, 15) is 8.42 Å². The molecular formula is C13H19BrN2O2S. The monoisotopic (exact) mass is 346 g/mol. The van der Waals surface area contributed by atoms with E-state index in [4.69, 9.17) is 5.73 Å². The van der Waals surface area contributed by atoms with Crippen molar-refractivity contribution in [2.75, 3.05) is 12.3 Å². The quantitative estimate of drug-likeness (QED) is 0.833. The molecule has 1 saturated carbocycles. The van der Waals surface area contributed by atoms with Crippen LogP contribution in [0.25, 0.3) is 0 Å². The third kappa shape index (κ3) is 3.30. The highest BCUT2D eigenvalue weighted by molar-refractivity contribution is 9.10. The predicted molar refractivity (Wildman–Crippen MR) is 80.3 cm³/mol. The van der Waals surface area contributed by atoms with E-state index in [-0.39, 0.29) is 10.9 Å². The Morgan fingerprint density at radius 1 is 1.42 bits per heavy atom. The van der Waals surface area contributed by atoms with Crippen molar-refractivity contribution in [2.24, 2.45) is 5.92 Å². The van der Waals surface area contributed by atoms with E-state index in [0.29, 0.717) is 22.6 Å². The van der Waals surface area contributed by atoms with Crippen molar-refractivity contribution < 1.29 is 8.42 Å². The average molecular weight is 347 g/mol. The summed E-state index contributed by atoms with van der Waals surface area (Å²) < 4.78 is 27.7. The molecule has 0 amide bonds. The number of sulfonamides is 1. The number of anilines is 1. The summed E-state index contributed by atoms with van der Waals surface area (Å²) >= 11 is 3.31. The minimum Gasteiger partial charge on any atom is -0.399 e. The maximum atomic E-state index is 12.8. The second-order valence-electron chi connectivity index (χ2n) is 5.39. The predicted octanol–water partition coefficient (Wildman–Crippen LogP) is 2.84. The molecule has 0 saturated heterocycles. The average Bonchev–Trinajstić information content (AvgIpc) is 3.12. The van der Waals surface area contributed by atoms with E-state index >= 15 is 0 Å². The summed E-state index contributed by atoms with van der Waals surface area (Å²) in [5.74, 6) is 0.301. The van der Waals surface area contributed by atoms with Crippen molar-refractivity contribution in [3.05, 3.63) is 22.7 Å². The molecule has 1 aliphatic carbocycles. The molecule has 0 atom stereocenters. The Morgan fingerprint density at radius 2 is 2.05 bits per heavy atom. The SMILES string of the molecule is CC(C)CN(C1CC1)S(=O)(=O)c1cc(N)ccc1Br. The lowest BCUT2D eigenvalue weighted by Gasteiger charge is -2.24. The number of nitrogen functional groups attached to an aromatic ring is 1. The van der Waals surface area contributed by atoms with Crippen molar-refractivity contribution in [1.29, 1.82) is 0 Å². The van der Waals surface area contributed by atoms with Crippen LogP contribution in [0.5, 0.6) is 0 Å². The molecule has 0 bridgehead atoms. The molecule has 0 radical (unpaired) electrons. The highest BCUT2D eigenvalue weighted by Crippen LogP contribution is 2.35. The molecule has 19 heavy (non-hydrogen) atoms. The minimum absolute atomic E-state index is 0.153. The van der Waals surface area contributed by atoms with Crippen molar-refractivity contribution in [1.82, 2.24) is 4.31 Å². The minimum atomic E-state index is -3.48. The molecule has 0 aliphatic heterocycles. The van der Waals surface area contributed by atoms with Gasteiger partial charge in [0.05, 0.1) is 4.90 Å². The fourth-order valence-electron chi connectivity index (χ4n) is 2.01. The third-order valence-corrected chi connectivity index (χ3v) is 5.95. The smallest absolute Gasteiger partial charge is 0.244 e. The van der Waals surface area contributed by atoms with Crippen LogP contribution in [-0.2, 0) is 10.0 Å². The van der Waals surface area contributed by atoms with Gasteiger partial charge in [0.2, 0.25) is 10.0 Å². The second-order valence-corrected chi connectivity index (χ2v) is 8.10. The first-order valence-electron chi connectivity index (χ1n) is 6.39. The lowest BCUT2D eigenvalue weighted by molar-refractivity contribution is 0.360. The molecule has 1 aromatic carbocycles. The van der Waals surface area contributed by atoms with Crippen LogP contribution in [-0.4, -0.2) is 25.3 Å². The molecule has 0 spiro atoms. The number of rotatable bonds is 5. The first-order valence-corrected chi connectivity index (χ1v) is 8.62. The van der Waals surface area contributed by atoms with Gasteiger partial charge in [0.1, 0.15) is 0 Å². The molecule has 2 N–H and O–H groups in total. The van der Waals surface area contributed by atoms with Crippen LogP contribution in [0, 0.1) is 5.92 Å². The van der Waals surface area contributed by atoms with Gasteiger partial charge >= 0.3 is 0 Å². The molecular weight excluding hydrogens is 328 g/mol. The molecule has 0 unspecified atom stereocenters. The van der Waals surface area contributed by atoms with Crippen LogP contribution in [0.2, 0.25) is 0 Å². The fraction of sp³-hybridized carbons (Fsp3) is 0.538. The van der Waals surface area contributed by atoms with E-state index in [0.717, 1.165) is 12.8 Å². The zero-order valence-corrected chi connectivity index (χ0v) is 13.5. The number of hydrogen-bond acceptors (Lipinski definition) is 3. The third-order valence-electron chi connectivity index (χ3n) is 3.04. The van der Waals surface area contributed by atoms with Crippen LogP contribution in [0.4, 0.5) is 5.69 Å². The topological polar surface area (TPSA) is 63.4 Å². The first-order chi connectivity index (χ1) is 8.82. The largest absolute Gasteiger partial charge is 0.399 e. The Balaban J connectivity index is 2.41. The van der Waals surface area contributed by atoms with Crippen molar-refractivity contribution in [2.45, 2.75) is 37.6 Å². The zero-order chi connectivity index (χ0) is 14.2. The van der Waals surface area contributed by atoms with E-state index < -0.39 is 10.0 Å². The number of nitrogens with zero attached hydrogens (tertiary/aromatic N) is 1. The molecule has 4 nitrogen and oxygen atoms in total. The highest BCUT2D eigenvalue weighted by Gasteiger charge is 2.39. The van der Waals surface area contributed by atoms with Crippen LogP contribution < -0.4 is 5.73 Å². The van der Waals surface area contributed by atoms with Gasteiger partial charge in [-0.25, -0.2) is 8.42 Å². The number of benzene rings is 1. The molecule has 0 aromatic heterocycles. The van der Waals surface area contributed by atoms with E-state index in [1.54, 1.807) is 16.4 Å². The van der Waals surface area contributed by atoms with Gasteiger partial charge in [-0.3, -0.25) is 0 Å². The summed E-state index contributed by atoms with van der Waals surface area (Å²) in [6.07, 6.45) is 1.90. The van der Waals surface area contributed by atoms with Gasteiger partial charge in [0.25, 0.3) is 0 Å². The summed E-state index contributed by atoms with van der Waals surface area (Å²) in [6, 6.07) is 5.05. The molecule has 6 heteroatoms. The summed E-state index contributed by atoms with van der Waals surface area (Å²) in [5, 5.41) is 0. The van der Waals surface area contributed by atoms with Crippen LogP contribution >= 0.6 is 15.9 Å². The Kier molecular flexibility index (Phi) is 4.23. The molecule has 0 heterocycles. The van der Waals surface area contributed by atoms with Gasteiger partial charge in [-0.05, 0) is 52.9 Å². The number of halogens is 1. The Hall–Kier alpha value is -0.590. The summed E-state index contributed by atoms with van der Waals surface area (Å²) in [5.41, 5.74) is 6.17. The van der Waals surface area contributed by atoms with Crippen molar-refractivity contribution in [3.8, 4) is 0 Å². The normalized spacial score (nSPS) is 16.3. The molecule has 2 rings (SSSR count). The van der Waals surface area contributed by atoms with E-state index in [2.05, 4.69) is 15.9 Å². The first kappa shape index (κ1) is 14.8. The molecule has 1 aliphatic rings. The molecule has 1 fully saturated rings. The van der Waals surface area contributed by atoms with Gasteiger partial charge < -0.3 is 5.73 Å². The Labute approximate surface area is 123 Å². The van der Waals surface area contributed by atoms with Gasteiger partial charge in [-0.15, -0.1) is 0 Å². The van der Waals surface area contributed by atoms with Crippen molar-refractivity contribution in [3.63, 3.8) is 0 Å².